The van der Waals surface area contributed by atoms with Crippen LogP contribution in [0.4, 0.5) is 4.39 Å². The molecule has 2 rings (SSSR count). The second-order valence-corrected chi connectivity index (χ2v) is 4.43. The fourth-order valence-electron chi connectivity index (χ4n) is 1.94. The van der Waals surface area contributed by atoms with Gasteiger partial charge in [-0.3, -0.25) is 4.79 Å². The third kappa shape index (κ3) is 2.58. The molecule has 0 spiro atoms. The van der Waals surface area contributed by atoms with Crippen molar-refractivity contribution in [3.63, 3.8) is 0 Å². The van der Waals surface area contributed by atoms with Crippen molar-refractivity contribution in [3.05, 3.63) is 34.6 Å². The van der Waals surface area contributed by atoms with Crippen molar-refractivity contribution in [1.29, 1.82) is 0 Å². The van der Waals surface area contributed by atoms with E-state index in [9.17, 15) is 9.18 Å². The minimum absolute atomic E-state index is 0.0816. The van der Waals surface area contributed by atoms with Crippen LogP contribution < -0.4 is 0 Å². The first-order valence-electron chi connectivity index (χ1n) is 5.39. The van der Waals surface area contributed by atoms with Crippen LogP contribution in [0.2, 0.25) is 5.02 Å². The molecule has 5 heteroatoms. The predicted molar refractivity (Wildman–Crippen MR) is 62.7 cm³/mol. The summed E-state index contributed by atoms with van der Waals surface area (Å²) in [4.78, 5) is 13.8. The van der Waals surface area contributed by atoms with Gasteiger partial charge in [0, 0.05) is 20.2 Å². The molecule has 0 aliphatic carbocycles. The molecule has 1 amide bonds. The number of ether oxygens (including phenoxy) is 1. The molecule has 1 saturated heterocycles. The van der Waals surface area contributed by atoms with Crippen LogP contribution in [0.3, 0.4) is 0 Å². The number of amides is 1. The van der Waals surface area contributed by atoms with Gasteiger partial charge in [-0.15, -0.1) is 0 Å². The van der Waals surface area contributed by atoms with Crippen molar-refractivity contribution in [2.75, 3.05) is 20.2 Å². The second kappa shape index (κ2) is 5.02. The Morgan fingerprint density at radius 3 is 2.94 bits per heavy atom. The molecule has 0 N–H and O–H groups in total. The lowest BCUT2D eigenvalue weighted by Gasteiger charge is -2.16. The minimum atomic E-state index is -0.442. The highest BCUT2D eigenvalue weighted by Crippen LogP contribution is 2.21. The molecular weight excluding hydrogens is 245 g/mol. The van der Waals surface area contributed by atoms with Crippen molar-refractivity contribution in [2.45, 2.75) is 12.5 Å². The molecule has 17 heavy (non-hydrogen) atoms. The van der Waals surface area contributed by atoms with Crippen molar-refractivity contribution in [1.82, 2.24) is 4.90 Å². The Morgan fingerprint density at radius 1 is 1.59 bits per heavy atom. The van der Waals surface area contributed by atoms with Gasteiger partial charge in [0.1, 0.15) is 5.82 Å². The summed E-state index contributed by atoms with van der Waals surface area (Å²) in [5.74, 6) is -0.614. The fourth-order valence-corrected chi connectivity index (χ4v) is 2.19. The van der Waals surface area contributed by atoms with E-state index in [1.165, 1.54) is 12.1 Å². The molecule has 1 aromatic carbocycles. The molecule has 1 fully saturated rings. The largest absolute Gasteiger partial charge is 0.380 e. The lowest BCUT2D eigenvalue weighted by atomic mass is 10.2. The van der Waals surface area contributed by atoms with Crippen LogP contribution in [0.5, 0.6) is 0 Å². The molecule has 0 unspecified atom stereocenters. The summed E-state index contributed by atoms with van der Waals surface area (Å²) in [7, 11) is 1.63. The van der Waals surface area contributed by atoms with E-state index < -0.39 is 5.82 Å². The SMILES string of the molecule is CO[C@H]1CCN(C(=O)c2ccc(F)cc2Cl)C1. The summed E-state index contributed by atoms with van der Waals surface area (Å²) in [5.41, 5.74) is 0.338. The molecule has 1 aliphatic heterocycles. The van der Waals surface area contributed by atoms with Crippen molar-refractivity contribution >= 4 is 17.5 Å². The topological polar surface area (TPSA) is 29.5 Å². The molecule has 0 bridgehead atoms. The number of likely N-dealkylation sites (tertiary alicyclic amines) is 1. The predicted octanol–water partition coefficient (Wildman–Crippen LogP) is 2.34. The average molecular weight is 258 g/mol. The van der Waals surface area contributed by atoms with Crippen molar-refractivity contribution in [2.24, 2.45) is 0 Å². The maximum Gasteiger partial charge on any atom is 0.255 e. The number of nitrogens with zero attached hydrogens (tertiary/aromatic N) is 1. The summed E-state index contributed by atoms with van der Waals surface area (Å²) in [6.07, 6.45) is 0.902. The van der Waals surface area contributed by atoms with Crippen molar-refractivity contribution < 1.29 is 13.9 Å². The Labute approximate surface area is 104 Å². The molecule has 3 nitrogen and oxygen atoms in total. The van der Waals surface area contributed by atoms with Gasteiger partial charge in [-0.2, -0.15) is 0 Å². The maximum atomic E-state index is 12.9. The number of methoxy groups -OCH3 is 1. The van der Waals surface area contributed by atoms with Gasteiger partial charge in [0.15, 0.2) is 0 Å². The zero-order valence-electron chi connectivity index (χ0n) is 9.45. The van der Waals surface area contributed by atoms with Crippen LogP contribution in [0, 0.1) is 5.82 Å². The first-order chi connectivity index (χ1) is 8.11. The highest BCUT2D eigenvalue weighted by atomic mass is 35.5. The third-order valence-electron chi connectivity index (χ3n) is 2.93. The molecule has 1 aromatic rings. The number of halogens is 2. The summed E-state index contributed by atoms with van der Waals surface area (Å²) in [6, 6.07) is 3.81. The molecule has 0 radical (unpaired) electrons. The van der Waals surface area contributed by atoms with E-state index in [0.717, 1.165) is 12.5 Å². The monoisotopic (exact) mass is 257 g/mol. The van der Waals surface area contributed by atoms with Crippen LogP contribution in [0.1, 0.15) is 16.8 Å². The summed E-state index contributed by atoms with van der Waals surface area (Å²) in [5, 5.41) is 0.149. The van der Waals surface area contributed by atoms with E-state index in [0.29, 0.717) is 18.7 Å². The summed E-state index contributed by atoms with van der Waals surface area (Å²) >= 11 is 5.85. The van der Waals surface area contributed by atoms with E-state index in [2.05, 4.69) is 0 Å². The lowest BCUT2D eigenvalue weighted by molar-refractivity contribution is 0.0724. The van der Waals surface area contributed by atoms with Gasteiger partial charge in [-0.05, 0) is 24.6 Å². The van der Waals surface area contributed by atoms with Crippen LogP contribution in [0.15, 0.2) is 18.2 Å². The quantitative estimate of drug-likeness (QED) is 0.814. The van der Waals surface area contributed by atoms with Gasteiger partial charge >= 0.3 is 0 Å². The summed E-state index contributed by atoms with van der Waals surface area (Å²) in [6.45, 7) is 1.20. The lowest BCUT2D eigenvalue weighted by Crippen LogP contribution is -2.30. The highest BCUT2D eigenvalue weighted by Gasteiger charge is 2.27. The van der Waals surface area contributed by atoms with Crippen LogP contribution in [0.25, 0.3) is 0 Å². The molecular formula is C12H13ClFNO2. The second-order valence-electron chi connectivity index (χ2n) is 4.02. The smallest absolute Gasteiger partial charge is 0.255 e. The highest BCUT2D eigenvalue weighted by molar-refractivity contribution is 6.33. The van der Waals surface area contributed by atoms with E-state index in [-0.39, 0.29) is 17.0 Å². The number of carbonyl (C=O) groups is 1. The number of carbonyl (C=O) groups excluding carboxylic acids is 1. The van der Waals surface area contributed by atoms with Gasteiger partial charge in [0.05, 0.1) is 16.7 Å². The Balaban J connectivity index is 2.15. The minimum Gasteiger partial charge on any atom is -0.380 e. The molecule has 92 valence electrons. The number of benzene rings is 1. The van der Waals surface area contributed by atoms with Gasteiger partial charge < -0.3 is 9.64 Å². The van der Waals surface area contributed by atoms with Crippen molar-refractivity contribution in [3.8, 4) is 0 Å². The number of hydrogen-bond donors (Lipinski definition) is 0. The Morgan fingerprint density at radius 2 is 2.35 bits per heavy atom. The Bertz CT molecular complexity index is 439. The Kier molecular flexibility index (Phi) is 3.64. The molecule has 0 saturated carbocycles. The van der Waals surface area contributed by atoms with Crippen LogP contribution in [-0.4, -0.2) is 37.1 Å². The van der Waals surface area contributed by atoms with Gasteiger partial charge in [0.25, 0.3) is 5.91 Å². The standard InChI is InChI=1S/C12H13ClFNO2/c1-17-9-4-5-15(7-9)12(16)10-3-2-8(14)6-11(10)13/h2-3,6,9H,4-5,7H2,1H3/t9-/m0/s1. The van der Waals surface area contributed by atoms with E-state index in [4.69, 9.17) is 16.3 Å². The molecule has 1 atom stereocenters. The first kappa shape index (κ1) is 12.3. The van der Waals surface area contributed by atoms with Gasteiger partial charge in [-0.1, -0.05) is 11.6 Å². The molecule has 0 aromatic heterocycles. The first-order valence-corrected chi connectivity index (χ1v) is 5.76. The Hall–Kier alpha value is -1.13. The molecule has 1 heterocycles. The number of hydrogen-bond acceptors (Lipinski definition) is 2. The van der Waals surface area contributed by atoms with E-state index in [1.54, 1.807) is 12.0 Å². The normalized spacial score (nSPS) is 19.7. The zero-order chi connectivity index (χ0) is 12.4. The van der Waals surface area contributed by atoms with Gasteiger partial charge in [-0.25, -0.2) is 4.39 Å². The van der Waals surface area contributed by atoms with Crippen LogP contribution in [-0.2, 0) is 4.74 Å². The maximum absolute atomic E-state index is 12.9. The number of rotatable bonds is 2. The zero-order valence-corrected chi connectivity index (χ0v) is 10.2. The fraction of sp³-hybridized carbons (Fsp3) is 0.417. The van der Waals surface area contributed by atoms with Crippen LogP contribution >= 0.6 is 11.6 Å². The molecule has 1 aliphatic rings. The van der Waals surface area contributed by atoms with E-state index >= 15 is 0 Å². The average Bonchev–Trinajstić information content (AvgIpc) is 2.76. The van der Waals surface area contributed by atoms with Gasteiger partial charge in [0.2, 0.25) is 0 Å². The summed E-state index contributed by atoms with van der Waals surface area (Å²) < 4.78 is 18.1. The third-order valence-corrected chi connectivity index (χ3v) is 3.24. The van der Waals surface area contributed by atoms with E-state index in [1.807, 2.05) is 0 Å².